The van der Waals surface area contributed by atoms with Gasteiger partial charge in [0.2, 0.25) is 12.0 Å². The van der Waals surface area contributed by atoms with E-state index in [1.807, 2.05) is 0 Å². The van der Waals surface area contributed by atoms with Gasteiger partial charge in [0.05, 0.1) is 24.6 Å². The van der Waals surface area contributed by atoms with E-state index in [1.54, 1.807) is 18.2 Å². The minimum atomic E-state index is 0.0987. The van der Waals surface area contributed by atoms with Crippen LogP contribution in [0, 0.1) is 0 Å². The van der Waals surface area contributed by atoms with Crippen LogP contribution in [0.15, 0.2) is 35.5 Å². The van der Waals surface area contributed by atoms with E-state index in [0.29, 0.717) is 21.8 Å². The maximum atomic E-state index is 10.4. The van der Waals surface area contributed by atoms with E-state index in [4.69, 9.17) is 14.7 Å². The molecule has 1 aromatic heterocycles. The lowest BCUT2D eigenvalue weighted by Crippen LogP contribution is -2.00. The molecule has 0 fully saturated rings. The molecule has 0 bridgehead atoms. The fraction of sp³-hybridized carbons (Fsp3) is 0.167. The van der Waals surface area contributed by atoms with Crippen molar-refractivity contribution in [3.05, 3.63) is 36.0 Å². The Kier molecular flexibility index (Phi) is 3.80. The van der Waals surface area contributed by atoms with Crippen LogP contribution in [0.2, 0.25) is 0 Å². The third-order valence-corrected chi connectivity index (χ3v) is 2.41. The first-order valence-corrected chi connectivity index (χ1v) is 5.36. The van der Waals surface area contributed by atoms with Crippen LogP contribution in [0.25, 0.3) is 0 Å². The molecule has 0 aliphatic carbocycles. The lowest BCUT2D eigenvalue weighted by atomic mass is 10.1. The van der Waals surface area contributed by atoms with Crippen LogP contribution >= 0.6 is 0 Å². The SMILES string of the molecule is COc1cccc(N=C=O)c1COc1ccn(O)n1. The summed E-state index contributed by atoms with van der Waals surface area (Å²) in [6.45, 7) is 0.0987. The molecular weight excluding hydrogens is 250 g/mol. The Morgan fingerprint density at radius 3 is 2.95 bits per heavy atom. The lowest BCUT2D eigenvalue weighted by Gasteiger charge is -2.10. The summed E-state index contributed by atoms with van der Waals surface area (Å²) < 4.78 is 10.6. The number of hydrogen-bond acceptors (Lipinski definition) is 6. The van der Waals surface area contributed by atoms with Crippen molar-refractivity contribution in [3.63, 3.8) is 0 Å². The molecule has 0 aliphatic rings. The normalized spacial score (nSPS) is 9.74. The van der Waals surface area contributed by atoms with Crippen LogP contribution < -0.4 is 9.47 Å². The standard InChI is InChI=1S/C12H11N3O4/c1-18-11-4-2-3-10(13-8-16)9(11)7-19-12-5-6-15(17)14-12/h2-6,17H,7H2,1H3. The summed E-state index contributed by atoms with van der Waals surface area (Å²) in [6.07, 6.45) is 2.82. The predicted molar refractivity (Wildman–Crippen MR) is 64.5 cm³/mol. The molecule has 0 atom stereocenters. The number of rotatable bonds is 5. The number of isocyanates is 1. The van der Waals surface area contributed by atoms with Gasteiger partial charge in [-0.1, -0.05) is 11.2 Å². The van der Waals surface area contributed by atoms with E-state index in [-0.39, 0.29) is 12.5 Å². The minimum Gasteiger partial charge on any atom is -0.496 e. The Labute approximate surface area is 108 Å². The minimum absolute atomic E-state index is 0.0987. The van der Waals surface area contributed by atoms with E-state index in [9.17, 15) is 4.79 Å². The highest BCUT2D eigenvalue weighted by Crippen LogP contribution is 2.29. The third kappa shape index (κ3) is 2.91. The highest BCUT2D eigenvalue weighted by atomic mass is 16.5. The molecule has 0 unspecified atom stereocenters. The second-order valence-electron chi connectivity index (χ2n) is 3.52. The first-order valence-electron chi connectivity index (χ1n) is 5.36. The van der Waals surface area contributed by atoms with Gasteiger partial charge in [-0.25, -0.2) is 4.79 Å². The first-order chi connectivity index (χ1) is 9.24. The smallest absolute Gasteiger partial charge is 0.240 e. The summed E-state index contributed by atoms with van der Waals surface area (Å²) in [7, 11) is 1.51. The molecule has 0 aliphatic heterocycles. The Morgan fingerprint density at radius 2 is 2.32 bits per heavy atom. The number of aliphatic imine (C=N–C) groups is 1. The van der Waals surface area contributed by atoms with E-state index in [1.165, 1.54) is 25.5 Å². The summed E-state index contributed by atoms with van der Waals surface area (Å²) in [5.41, 5.74) is 1.01. The van der Waals surface area contributed by atoms with Crippen LogP contribution in [0.5, 0.6) is 11.6 Å². The number of nitrogens with zero attached hydrogens (tertiary/aromatic N) is 3. The van der Waals surface area contributed by atoms with Crippen molar-refractivity contribution in [2.75, 3.05) is 7.11 Å². The Balaban J connectivity index is 2.24. The Morgan fingerprint density at radius 1 is 1.47 bits per heavy atom. The fourth-order valence-corrected chi connectivity index (χ4v) is 1.57. The number of methoxy groups -OCH3 is 1. The lowest BCUT2D eigenvalue weighted by molar-refractivity contribution is 0.141. The van der Waals surface area contributed by atoms with Gasteiger partial charge >= 0.3 is 0 Å². The predicted octanol–water partition coefficient (Wildman–Crippen LogP) is 1.68. The maximum Gasteiger partial charge on any atom is 0.240 e. The summed E-state index contributed by atoms with van der Waals surface area (Å²) in [5.74, 6) is 0.786. The fourth-order valence-electron chi connectivity index (χ4n) is 1.57. The zero-order chi connectivity index (χ0) is 13.7. The average Bonchev–Trinajstić information content (AvgIpc) is 2.83. The molecule has 0 radical (unpaired) electrons. The molecule has 2 aromatic rings. The van der Waals surface area contributed by atoms with Crippen molar-refractivity contribution in [2.45, 2.75) is 6.61 Å². The van der Waals surface area contributed by atoms with Crippen LogP contribution in [0.1, 0.15) is 5.56 Å². The van der Waals surface area contributed by atoms with Gasteiger partial charge in [0.15, 0.2) is 0 Å². The van der Waals surface area contributed by atoms with Gasteiger partial charge in [-0.3, -0.25) is 0 Å². The Bertz CT molecular complexity index is 617. The second-order valence-corrected chi connectivity index (χ2v) is 3.52. The van der Waals surface area contributed by atoms with Crippen LogP contribution in [0.4, 0.5) is 5.69 Å². The van der Waals surface area contributed by atoms with Gasteiger partial charge in [-0.15, -0.1) is 4.85 Å². The zero-order valence-electron chi connectivity index (χ0n) is 10.1. The summed E-state index contributed by atoms with van der Waals surface area (Å²) in [5, 5.41) is 12.7. The van der Waals surface area contributed by atoms with Gasteiger partial charge < -0.3 is 14.7 Å². The molecule has 0 spiro atoms. The number of aromatic nitrogens is 2. The van der Waals surface area contributed by atoms with Crippen molar-refractivity contribution in [3.8, 4) is 11.6 Å². The quantitative estimate of drug-likeness (QED) is 0.502. The molecule has 7 heteroatoms. The molecule has 1 aromatic carbocycles. The van der Waals surface area contributed by atoms with Crippen LogP contribution in [0.3, 0.4) is 0 Å². The van der Waals surface area contributed by atoms with Crippen molar-refractivity contribution >= 4 is 11.8 Å². The monoisotopic (exact) mass is 261 g/mol. The van der Waals surface area contributed by atoms with E-state index >= 15 is 0 Å². The summed E-state index contributed by atoms with van der Waals surface area (Å²) in [4.78, 5) is 14.6. The van der Waals surface area contributed by atoms with E-state index < -0.39 is 0 Å². The van der Waals surface area contributed by atoms with Gasteiger partial charge in [0, 0.05) is 6.07 Å². The molecule has 1 N–H and O–H groups in total. The van der Waals surface area contributed by atoms with Gasteiger partial charge in [0.25, 0.3) is 0 Å². The summed E-state index contributed by atoms with van der Waals surface area (Å²) >= 11 is 0. The largest absolute Gasteiger partial charge is 0.496 e. The summed E-state index contributed by atoms with van der Waals surface area (Å²) in [6, 6.07) is 6.59. The third-order valence-electron chi connectivity index (χ3n) is 2.41. The molecule has 7 nitrogen and oxygen atoms in total. The number of ether oxygens (including phenoxy) is 2. The maximum absolute atomic E-state index is 10.4. The molecule has 0 saturated heterocycles. The van der Waals surface area contributed by atoms with Gasteiger partial charge in [-0.2, -0.15) is 4.99 Å². The van der Waals surface area contributed by atoms with Crippen LogP contribution in [-0.4, -0.2) is 28.3 Å². The van der Waals surface area contributed by atoms with E-state index in [2.05, 4.69) is 10.1 Å². The second kappa shape index (κ2) is 5.70. The molecule has 2 rings (SSSR count). The topological polar surface area (TPSA) is 85.9 Å². The molecule has 19 heavy (non-hydrogen) atoms. The molecular formula is C12H11N3O4. The number of hydrogen-bond donors (Lipinski definition) is 1. The molecule has 98 valence electrons. The van der Waals surface area contributed by atoms with Crippen molar-refractivity contribution in [1.82, 2.24) is 9.94 Å². The molecule has 0 saturated carbocycles. The molecule has 1 heterocycles. The van der Waals surface area contributed by atoms with Gasteiger partial charge in [0.1, 0.15) is 12.4 Å². The van der Waals surface area contributed by atoms with Crippen molar-refractivity contribution in [1.29, 1.82) is 0 Å². The molecule has 0 amide bonds. The first kappa shape index (κ1) is 12.7. The van der Waals surface area contributed by atoms with Crippen molar-refractivity contribution in [2.24, 2.45) is 4.99 Å². The van der Waals surface area contributed by atoms with Crippen LogP contribution in [-0.2, 0) is 11.4 Å². The number of carbonyl (C=O) groups excluding carboxylic acids is 1. The highest BCUT2D eigenvalue weighted by Gasteiger charge is 2.10. The Hall–Kier alpha value is -2.79. The highest BCUT2D eigenvalue weighted by molar-refractivity contribution is 5.58. The average molecular weight is 261 g/mol. The van der Waals surface area contributed by atoms with E-state index in [0.717, 1.165) is 0 Å². The number of benzene rings is 1. The van der Waals surface area contributed by atoms with Crippen molar-refractivity contribution < 1.29 is 19.5 Å². The zero-order valence-corrected chi connectivity index (χ0v) is 10.1. The van der Waals surface area contributed by atoms with Gasteiger partial charge in [-0.05, 0) is 12.1 Å².